The van der Waals surface area contributed by atoms with E-state index in [9.17, 15) is 19.7 Å². The third-order valence-electron chi connectivity index (χ3n) is 2.06. The zero-order valence-electron chi connectivity index (χ0n) is 8.67. The molecular formula is C10H6N2O5. The van der Waals surface area contributed by atoms with Crippen LogP contribution in [0.2, 0.25) is 0 Å². The Bertz CT molecular complexity index is 544. The van der Waals surface area contributed by atoms with Gasteiger partial charge in [-0.15, -0.1) is 0 Å². The monoisotopic (exact) mass is 234 g/mol. The van der Waals surface area contributed by atoms with Crippen LogP contribution in [0.3, 0.4) is 0 Å². The fourth-order valence-corrected chi connectivity index (χ4v) is 1.29. The van der Waals surface area contributed by atoms with Gasteiger partial charge in [0.15, 0.2) is 6.29 Å². The highest BCUT2D eigenvalue weighted by molar-refractivity contribution is 6.00. The molecule has 0 radical (unpaired) electrons. The lowest BCUT2D eigenvalue weighted by atomic mass is 10.0. The zero-order chi connectivity index (χ0) is 13.0. The molecule has 0 bridgehead atoms. The van der Waals surface area contributed by atoms with Crippen LogP contribution in [0.5, 0.6) is 0 Å². The topological polar surface area (TPSA) is 110 Å². The second kappa shape index (κ2) is 4.85. The Hall–Kier alpha value is -2.75. The van der Waals surface area contributed by atoms with E-state index in [1.165, 1.54) is 6.07 Å². The average molecular weight is 234 g/mol. The lowest BCUT2D eigenvalue weighted by molar-refractivity contribution is -0.385. The number of hydrogen-bond acceptors (Lipinski definition) is 6. The molecule has 0 fully saturated rings. The predicted molar refractivity (Wildman–Crippen MR) is 54.5 cm³/mol. The van der Waals surface area contributed by atoms with E-state index in [4.69, 9.17) is 5.26 Å². The number of hydrogen-bond donors (Lipinski definition) is 0. The summed E-state index contributed by atoms with van der Waals surface area (Å²) < 4.78 is 4.40. The molecule has 0 amide bonds. The second-order valence-corrected chi connectivity index (χ2v) is 2.90. The number of nitro groups is 1. The molecule has 0 spiro atoms. The molecular weight excluding hydrogens is 228 g/mol. The Kier molecular flexibility index (Phi) is 3.51. The number of benzene rings is 1. The van der Waals surface area contributed by atoms with Crippen LogP contribution in [0, 0.1) is 21.4 Å². The van der Waals surface area contributed by atoms with Crippen LogP contribution in [0.25, 0.3) is 0 Å². The minimum absolute atomic E-state index is 0.176. The van der Waals surface area contributed by atoms with Gasteiger partial charge in [0.1, 0.15) is 11.6 Å². The summed E-state index contributed by atoms with van der Waals surface area (Å²) in [6, 6.07) is 3.60. The lowest BCUT2D eigenvalue weighted by Crippen LogP contribution is -2.08. The van der Waals surface area contributed by atoms with Gasteiger partial charge in [-0.1, -0.05) is 0 Å². The number of nitro benzene ring substituents is 1. The molecule has 1 aromatic rings. The van der Waals surface area contributed by atoms with Crippen LogP contribution in [0.15, 0.2) is 12.1 Å². The molecule has 0 atom stereocenters. The van der Waals surface area contributed by atoms with Crippen molar-refractivity contribution in [2.75, 3.05) is 7.11 Å². The molecule has 7 heteroatoms. The highest BCUT2D eigenvalue weighted by atomic mass is 16.6. The molecule has 1 aromatic carbocycles. The third-order valence-corrected chi connectivity index (χ3v) is 2.06. The van der Waals surface area contributed by atoms with E-state index >= 15 is 0 Å². The van der Waals surface area contributed by atoms with Gasteiger partial charge in [0.25, 0.3) is 5.69 Å². The first-order chi connectivity index (χ1) is 8.06. The van der Waals surface area contributed by atoms with Gasteiger partial charge in [-0.3, -0.25) is 14.9 Å². The highest BCUT2D eigenvalue weighted by Crippen LogP contribution is 2.24. The van der Waals surface area contributed by atoms with Gasteiger partial charge in [0, 0.05) is 6.07 Å². The normalized spacial score (nSPS) is 9.18. The Morgan fingerprint density at radius 2 is 2.24 bits per heavy atom. The first-order valence-electron chi connectivity index (χ1n) is 4.31. The van der Waals surface area contributed by atoms with Crippen molar-refractivity contribution < 1.29 is 19.2 Å². The largest absolute Gasteiger partial charge is 0.465 e. The van der Waals surface area contributed by atoms with Crippen molar-refractivity contribution in [2.45, 2.75) is 0 Å². The van der Waals surface area contributed by atoms with E-state index in [0.717, 1.165) is 19.2 Å². The number of aldehydes is 1. The fourth-order valence-electron chi connectivity index (χ4n) is 1.29. The fraction of sp³-hybridized carbons (Fsp3) is 0.100. The van der Waals surface area contributed by atoms with E-state index in [-0.39, 0.29) is 17.4 Å². The van der Waals surface area contributed by atoms with Gasteiger partial charge in [0.2, 0.25) is 0 Å². The summed E-state index contributed by atoms with van der Waals surface area (Å²) in [5.74, 6) is -0.835. The number of methoxy groups -OCH3 is 1. The van der Waals surface area contributed by atoms with Crippen molar-refractivity contribution in [3.05, 3.63) is 38.9 Å². The molecule has 1 rings (SSSR count). The quantitative estimate of drug-likeness (QED) is 0.334. The number of nitriles is 1. The van der Waals surface area contributed by atoms with Crippen LogP contribution in [-0.2, 0) is 4.74 Å². The first kappa shape index (κ1) is 12.3. The van der Waals surface area contributed by atoms with Gasteiger partial charge in [-0.2, -0.15) is 5.26 Å². The molecule has 0 heterocycles. The van der Waals surface area contributed by atoms with Gasteiger partial charge < -0.3 is 4.74 Å². The SMILES string of the molecule is COC(=O)c1ccc([N+](=O)[O-])c(C#N)c1C=O. The average Bonchev–Trinajstić information content (AvgIpc) is 2.35. The summed E-state index contributed by atoms with van der Waals surface area (Å²) in [5.41, 5.74) is -1.49. The number of ether oxygens (including phenoxy) is 1. The van der Waals surface area contributed by atoms with Crippen LogP contribution in [0.1, 0.15) is 26.3 Å². The van der Waals surface area contributed by atoms with Crippen LogP contribution < -0.4 is 0 Å². The standard InChI is InChI=1S/C10H6N2O5/c1-17-10(14)6-2-3-9(12(15)16)7(4-11)8(6)5-13/h2-3,5H,1H3. The summed E-state index contributed by atoms with van der Waals surface area (Å²) in [6.07, 6.45) is 0.220. The van der Waals surface area contributed by atoms with E-state index in [1.807, 2.05) is 0 Å². The van der Waals surface area contributed by atoms with E-state index in [2.05, 4.69) is 4.74 Å². The molecule has 0 saturated heterocycles. The van der Waals surface area contributed by atoms with Crippen LogP contribution in [0.4, 0.5) is 5.69 Å². The Morgan fingerprint density at radius 1 is 1.59 bits per heavy atom. The molecule has 0 aromatic heterocycles. The van der Waals surface area contributed by atoms with Crippen molar-refractivity contribution in [3.63, 3.8) is 0 Å². The molecule has 0 aliphatic rings. The van der Waals surface area contributed by atoms with Crippen molar-refractivity contribution in [2.24, 2.45) is 0 Å². The van der Waals surface area contributed by atoms with E-state index in [0.29, 0.717) is 0 Å². The molecule has 7 nitrogen and oxygen atoms in total. The third kappa shape index (κ3) is 2.10. The molecule has 0 N–H and O–H groups in total. The van der Waals surface area contributed by atoms with Crippen molar-refractivity contribution in [1.29, 1.82) is 5.26 Å². The summed E-state index contributed by atoms with van der Waals surface area (Å²) in [4.78, 5) is 31.9. The van der Waals surface area contributed by atoms with Gasteiger partial charge in [-0.25, -0.2) is 4.79 Å². The Balaban J connectivity index is 3.61. The zero-order valence-corrected chi connectivity index (χ0v) is 8.67. The van der Waals surface area contributed by atoms with Gasteiger partial charge in [0.05, 0.1) is 23.2 Å². The molecule has 0 saturated carbocycles. The maximum absolute atomic E-state index is 11.3. The molecule has 0 unspecified atom stereocenters. The summed E-state index contributed by atoms with van der Waals surface area (Å²) >= 11 is 0. The van der Waals surface area contributed by atoms with Crippen molar-refractivity contribution >= 4 is 17.9 Å². The maximum Gasteiger partial charge on any atom is 0.338 e. The van der Waals surface area contributed by atoms with Crippen LogP contribution >= 0.6 is 0 Å². The highest BCUT2D eigenvalue weighted by Gasteiger charge is 2.23. The lowest BCUT2D eigenvalue weighted by Gasteiger charge is -2.04. The minimum atomic E-state index is -0.835. The number of rotatable bonds is 3. The van der Waals surface area contributed by atoms with Gasteiger partial charge in [-0.05, 0) is 6.07 Å². The van der Waals surface area contributed by atoms with Crippen molar-refractivity contribution in [3.8, 4) is 6.07 Å². The van der Waals surface area contributed by atoms with E-state index in [1.54, 1.807) is 0 Å². The molecule has 17 heavy (non-hydrogen) atoms. The molecule has 0 aliphatic carbocycles. The van der Waals surface area contributed by atoms with Crippen LogP contribution in [-0.4, -0.2) is 24.3 Å². The number of esters is 1. The number of nitrogens with zero attached hydrogens (tertiary/aromatic N) is 2. The second-order valence-electron chi connectivity index (χ2n) is 2.90. The summed E-state index contributed by atoms with van der Waals surface area (Å²) in [7, 11) is 1.10. The van der Waals surface area contributed by atoms with Crippen molar-refractivity contribution in [1.82, 2.24) is 0 Å². The first-order valence-corrected chi connectivity index (χ1v) is 4.31. The van der Waals surface area contributed by atoms with E-state index < -0.39 is 22.1 Å². The predicted octanol–water partition coefficient (Wildman–Crippen LogP) is 1.07. The Morgan fingerprint density at radius 3 is 2.65 bits per heavy atom. The Labute approximate surface area is 95.4 Å². The maximum atomic E-state index is 11.3. The number of carbonyl (C=O) groups excluding carboxylic acids is 2. The minimum Gasteiger partial charge on any atom is -0.465 e. The van der Waals surface area contributed by atoms with Gasteiger partial charge >= 0.3 is 5.97 Å². The molecule has 0 aliphatic heterocycles. The smallest absolute Gasteiger partial charge is 0.338 e. The summed E-state index contributed by atoms with van der Waals surface area (Å²) in [6.45, 7) is 0. The number of carbonyl (C=O) groups is 2. The summed E-state index contributed by atoms with van der Waals surface area (Å²) in [5, 5.41) is 19.4. The molecule has 86 valence electrons.